The van der Waals surface area contributed by atoms with Crippen LogP contribution in [0.4, 0.5) is 0 Å². The number of hydrogen-bond donors (Lipinski definition) is 0. The third-order valence-corrected chi connectivity index (χ3v) is 3.67. The standard InChI is InChI=1S/C12H26/c1-7-9-12(8-2,10(3)4)11(5)6/h10-11H,7-9H2,1-6H3. The summed E-state index contributed by atoms with van der Waals surface area (Å²) in [6.45, 7) is 14.1. The van der Waals surface area contributed by atoms with E-state index in [4.69, 9.17) is 0 Å². The highest BCUT2D eigenvalue weighted by Crippen LogP contribution is 2.43. The maximum absolute atomic E-state index is 2.37. The summed E-state index contributed by atoms with van der Waals surface area (Å²) >= 11 is 0. The normalized spacial score (nSPS) is 13.0. The van der Waals surface area contributed by atoms with E-state index in [0.717, 1.165) is 11.8 Å². The summed E-state index contributed by atoms with van der Waals surface area (Å²) in [5.74, 6) is 1.64. The third kappa shape index (κ3) is 2.24. The molecule has 12 heavy (non-hydrogen) atoms. The Bertz CT molecular complexity index is 103. The Morgan fingerprint density at radius 3 is 1.42 bits per heavy atom. The molecule has 0 spiro atoms. The second kappa shape index (κ2) is 4.89. The van der Waals surface area contributed by atoms with Crippen molar-refractivity contribution in [1.29, 1.82) is 0 Å². The van der Waals surface area contributed by atoms with Crippen molar-refractivity contribution >= 4 is 0 Å². The van der Waals surface area contributed by atoms with Gasteiger partial charge in [0, 0.05) is 0 Å². The van der Waals surface area contributed by atoms with Gasteiger partial charge in [-0.3, -0.25) is 0 Å². The molecule has 0 aliphatic heterocycles. The van der Waals surface area contributed by atoms with Gasteiger partial charge in [0.05, 0.1) is 0 Å². The molecule has 0 aromatic carbocycles. The van der Waals surface area contributed by atoms with Crippen molar-refractivity contribution in [3.05, 3.63) is 0 Å². The van der Waals surface area contributed by atoms with Gasteiger partial charge in [-0.2, -0.15) is 0 Å². The highest BCUT2D eigenvalue weighted by atomic mass is 14.4. The maximum Gasteiger partial charge on any atom is -0.0254 e. The Balaban J connectivity index is 4.51. The molecular weight excluding hydrogens is 144 g/mol. The molecule has 0 bridgehead atoms. The zero-order valence-corrected chi connectivity index (χ0v) is 9.78. The van der Waals surface area contributed by atoms with Gasteiger partial charge in [0.25, 0.3) is 0 Å². The van der Waals surface area contributed by atoms with Crippen LogP contribution in [0.3, 0.4) is 0 Å². The van der Waals surface area contributed by atoms with E-state index in [1.165, 1.54) is 19.3 Å². The van der Waals surface area contributed by atoms with Crippen molar-refractivity contribution in [3.63, 3.8) is 0 Å². The smallest absolute Gasteiger partial charge is 0.0254 e. The topological polar surface area (TPSA) is 0 Å². The van der Waals surface area contributed by atoms with Crippen molar-refractivity contribution in [2.24, 2.45) is 17.3 Å². The zero-order valence-electron chi connectivity index (χ0n) is 9.78. The van der Waals surface area contributed by atoms with Crippen LogP contribution in [0.2, 0.25) is 0 Å². The van der Waals surface area contributed by atoms with Crippen molar-refractivity contribution in [2.45, 2.75) is 60.8 Å². The summed E-state index contributed by atoms with van der Waals surface area (Å²) in [4.78, 5) is 0. The second-order valence-electron chi connectivity index (χ2n) is 4.65. The summed E-state index contributed by atoms with van der Waals surface area (Å²) in [6, 6.07) is 0. The molecule has 0 N–H and O–H groups in total. The quantitative estimate of drug-likeness (QED) is 0.570. The Kier molecular flexibility index (Phi) is 4.89. The third-order valence-electron chi connectivity index (χ3n) is 3.67. The van der Waals surface area contributed by atoms with E-state index < -0.39 is 0 Å². The van der Waals surface area contributed by atoms with Crippen LogP contribution in [0.1, 0.15) is 60.8 Å². The largest absolute Gasteiger partial charge is 0.0654 e. The van der Waals surface area contributed by atoms with Gasteiger partial charge >= 0.3 is 0 Å². The predicted octanol–water partition coefficient (Wildman–Crippen LogP) is 4.49. The van der Waals surface area contributed by atoms with E-state index in [2.05, 4.69) is 41.5 Å². The van der Waals surface area contributed by atoms with Gasteiger partial charge < -0.3 is 0 Å². The van der Waals surface area contributed by atoms with Gasteiger partial charge in [-0.05, 0) is 30.1 Å². The summed E-state index contributed by atoms with van der Waals surface area (Å²) in [5.41, 5.74) is 0.592. The molecule has 0 saturated carbocycles. The molecule has 0 radical (unpaired) electrons. The van der Waals surface area contributed by atoms with Crippen LogP contribution >= 0.6 is 0 Å². The minimum Gasteiger partial charge on any atom is -0.0654 e. The Morgan fingerprint density at radius 2 is 1.33 bits per heavy atom. The van der Waals surface area contributed by atoms with Gasteiger partial charge in [0.2, 0.25) is 0 Å². The van der Waals surface area contributed by atoms with E-state index in [1.54, 1.807) is 0 Å². The molecule has 0 rings (SSSR count). The van der Waals surface area contributed by atoms with Crippen LogP contribution in [-0.4, -0.2) is 0 Å². The first-order chi connectivity index (χ1) is 5.51. The monoisotopic (exact) mass is 170 g/mol. The van der Waals surface area contributed by atoms with Crippen LogP contribution in [0.25, 0.3) is 0 Å². The van der Waals surface area contributed by atoms with E-state index in [9.17, 15) is 0 Å². The van der Waals surface area contributed by atoms with Gasteiger partial charge in [-0.1, -0.05) is 48.0 Å². The van der Waals surface area contributed by atoms with Gasteiger partial charge in [-0.25, -0.2) is 0 Å². The lowest BCUT2D eigenvalue weighted by Crippen LogP contribution is -2.32. The summed E-state index contributed by atoms with van der Waals surface area (Å²) in [5, 5.41) is 0. The van der Waals surface area contributed by atoms with Gasteiger partial charge in [0.1, 0.15) is 0 Å². The van der Waals surface area contributed by atoms with Crippen LogP contribution in [0.5, 0.6) is 0 Å². The highest BCUT2D eigenvalue weighted by molar-refractivity contribution is 4.83. The fraction of sp³-hybridized carbons (Fsp3) is 1.00. The van der Waals surface area contributed by atoms with E-state index in [-0.39, 0.29) is 0 Å². The Hall–Kier alpha value is 0. The highest BCUT2D eigenvalue weighted by Gasteiger charge is 2.33. The molecule has 0 fully saturated rings. The fourth-order valence-electron chi connectivity index (χ4n) is 2.70. The van der Waals surface area contributed by atoms with Crippen molar-refractivity contribution < 1.29 is 0 Å². The first kappa shape index (κ1) is 12.0. The van der Waals surface area contributed by atoms with E-state index in [0.29, 0.717) is 5.41 Å². The molecule has 0 amide bonds. The molecule has 0 aliphatic rings. The van der Waals surface area contributed by atoms with E-state index >= 15 is 0 Å². The van der Waals surface area contributed by atoms with Crippen LogP contribution in [-0.2, 0) is 0 Å². The SMILES string of the molecule is CCCC(CC)(C(C)C)C(C)C. The van der Waals surface area contributed by atoms with Gasteiger partial charge in [-0.15, -0.1) is 0 Å². The van der Waals surface area contributed by atoms with E-state index in [1.807, 2.05) is 0 Å². The van der Waals surface area contributed by atoms with Gasteiger partial charge in [0.15, 0.2) is 0 Å². The molecule has 0 aromatic rings. The molecule has 0 aliphatic carbocycles. The summed E-state index contributed by atoms with van der Waals surface area (Å²) in [6.07, 6.45) is 4.04. The zero-order chi connectivity index (χ0) is 9.78. The summed E-state index contributed by atoms with van der Waals surface area (Å²) in [7, 11) is 0. The fourth-order valence-corrected chi connectivity index (χ4v) is 2.70. The Labute approximate surface area is 78.8 Å². The molecule has 0 heterocycles. The lowest BCUT2D eigenvalue weighted by molar-refractivity contribution is 0.0910. The maximum atomic E-state index is 2.37. The minimum atomic E-state index is 0.592. The van der Waals surface area contributed by atoms with Crippen LogP contribution in [0, 0.1) is 17.3 Å². The molecular formula is C12H26. The van der Waals surface area contributed by atoms with Crippen molar-refractivity contribution in [1.82, 2.24) is 0 Å². The predicted molar refractivity (Wildman–Crippen MR) is 57.3 cm³/mol. The molecule has 0 heteroatoms. The molecule has 0 nitrogen and oxygen atoms in total. The minimum absolute atomic E-state index is 0.592. The molecule has 0 aromatic heterocycles. The number of rotatable bonds is 5. The van der Waals surface area contributed by atoms with Crippen molar-refractivity contribution in [3.8, 4) is 0 Å². The number of hydrogen-bond acceptors (Lipinski definition) is 0. The first-order valence-corrected chi connectivity index (χ1v) is 5.51. The molecule has 74 valence electrons. The van der Waals surface area contributed by atoms with Crippen molar-refractivity contribution in [2.75, 3.05) is 0 Å². The molecule has 0 unspecified atom stereocenters. The molecule has 0 atom stereocenters. The molecule has 0 saturated heterocycles. The summed E-state index contributed by atoms with van der Waals surface area (Å²) < 4.78 is 0. The first-order valence-electron chi connectivity index (χ1n) is 5.51. The lowest BCUT2D eigenvalue weighted by atomic mass is 9.65. The Morgan fingerprint density at radius 1 is 0.917 bits per heavy atom. The van der Waals surface area contributed by atoms with Crippen LogP contribution < -0.4 is 0 Å². The second-order valence-corrected chi connectivity index (χ2v) is 4.65. The average Bonchev–Trinajstić information content (AvgIpc) is 1.98. The lowest BCUT2D eigenvalue weighted by Gasteiger charge is -2.41. The average molecular weight is 170 g/mol. The van der Waals surface area contributed by atoms with Crippen LogP contribution in [0.15, 0.2) is 0 Å².